The highest BCUT2D eigenvalue weighted by molar-refractivity contribution is 5.50. The Morgan fingerprint density at radius 3 is 3.00 bits per heavy atom. The molecule has 0 bridgehead atoms. The Bertz CT molecular complexity index is 371. The third-order valence-corrected chi connectivity index (χ3v) is 1.62. The molecule has 0 radical (unpaired) electrons. The van der Waals surface area contributed by atoms with E-state index in [9.17, 15) is 10.1 Å². The third kappa shape index (κ3) is 2.75. The van der Waals surface area contributed by atoms with E-state index in [1.807, 2.05) is 6.07 Å². The van der Waals surface area contributed by atoms with Crippen molar-refractivity contribution in [3.05, 3.63) is 34.4 Å². The fourth-order valence-corrected chi connectivity index (χ4v) is 0.992. The maximum atomic E-state index is 10.4. The standard InChI is InChI=1S/C9H9N3O2/c10-5-2-6-11-8-3-1-4-9(7-8)12(13)14/h1,3-4,7,11H,2,6H2. The molecule has 0 heterocycles. The third-order valence-electron chi connectivity index (χ3n) is 1.62. The van der Waals surface area contributed by atoms with Gasteiger partial charge in [0.25, 0.3) is 5.69 Å². The lowest BCUT2D eigenvalue weighted by Gasteiger charge is -2.02. The second-order valence-electron chi connectivity index (χ2n) is 2.64. The molecule has 5 heteroatoms. The van der Waals surface area contributed by atoms with Crippen molar-refractivity contribution in [1.29, 1.82) is 5.26 Å². The average Bonchev–Trinajstić information content (AvgIpc) is 2.19. The highest BCUT2D eigenvalue weighted by Crippen LogP contribution is 2.16. The molecule has 1 N–H and O–H groups in total. The van der Waals surface area contributed by atoms with Crippen LogP contribution in [0.4, 0.5) is 11.4 Å². The van der Waals surface area contributed by atoms with Crippen molar-refractivity contribution >= 4 is 11.4 Å². The lowest BCUT2D eigenvalue weighted by molar-refractivity contribution is -0.384. The molecule has 1 aromatic carbocycles. The van der Waals surface area contributed by atoms with Crippen molar-refractivity contribution in [2.75, 3.05) is 11.9 Å². The number of non-ortho nitro benzene ring substituents is 1. The van der Waals surface area contributed by atoms with Crippen molar-refractivity contribution in [2.24, 2.45) is 0 Å². The smallest absolute Gasteiger partial charge is 0.271 e. The van der Waals surface area contributed by atoms with Crippen molar-refractivity contribution in [2.45, 2.75) is 6.42 Å². The largest absolute Gasteiger partial charge is 0.384 e. The number of anilines is 1. The zero-order valence-corrected chi connectivity index (χ0v) is 7.43. The van der Waals surface area contributed by atoms with Gasteiger partial charge in [0.1, 0.15) is 0 Å². The molecular formula is C9H9N3O2. The molecule has 0 fully saturated rings. The second-order valence-corrected chi connectivity index (χ2v) is 2.64. The molecular weight excluding hydrogens is 182 g/mol. The Labute approximate surface area is 81.1 Å². The van der Waals surface area contributed by atoms with Crippen LogP contribution in [0, 0.1) is 21.4 Å². The summed E-state index contributed by atoms with van der Waals surface area (Å²) in [5.41, 5.74) is 0.710. The van der Waals surface area contributed by atoms with Gasteiger partial charge in [-0.2, -0.15) is 5.26 Å². The van der Waals surface area contributed by atoms with E-state index in [4.69, 9.17) is 5.26 Å². The SMILES string of the molecule is N#CCCNc1cccc([N+](=O)[O-])c1. The van der Waals surface area contributed by atoms with Crippen LogP contribution >= 0.6 is 0 Å². The first-order valence-corrected chi connectivity index (χ1v) is 4.09. The number of hydrogen-bond donors (Lipinski definition) is 1. The van der Waals surface area contributed by atoms with Gasteiger partial charge in [0.2, 0.25) is 0 Å². The van der Waals surface area contributed by atoms with Crippen LogP contribution in [0.3, 0.4) is 0 Å². The van der Waals surface area contributed by atoms with Gasteiger partial charge in [-0.3, -0.25) is 10.1 Å². The van der Waals surface area contributed by atoms with E-state index in [0.29, 0.717) is 18.7 Å². The lowest BCUT2D eigenvalue weighted by Crippen LogP contribution is -2.00. The monoisotopic (exact) mass is 191 g/mol. The zero-order chi connectivity index (χ0) is 10.4. The Hall–Kier alpha value is -2.09. The van der Waals surface area contributed by atoms with E-state index in [-0.39, 0.29) is 5.69 Å². The van der Waals surface area contributed by atoms with Crippen LogP contribution in [-0.4, -0.2) is 11.5 Å². The highest BCUT2D eigenvalue weighted by Gasteiger charge is 2.04. The van der Waals surface area contributed by atoms with Crippen molar-refractivity contribution in [1.82, 2.24) is 0 Å². The molecule has 0 spiro atoms. The lowest BCUT2D eigenvalue weighted by atomic mass is 10.3. The van der Waals surface area contributed by atoms with Crippen LogP contribution in [0.2, 0.25) is 0 Å². The van der Waals surface area contributed by atoms with Crippen molar-refractivity contribution < 1.29 is 4.92 Å². The van der Waals surface area contributed by atoms with Gasteiger partial charge in [0.15, 0.2) is 0 Å². The van der Waals surface area contributed by atoms with Gasteiger partial charge < -0.3 is 5.32 Å². The van der Waals surface area contributed by atoms with Crippen LogP contribution in [-0.2, 0) is 0 Å². The van der Waals surface area contributed by atoms with E-state index < -0.39 is 4.92 Å². The molecule has 0 aliphatic rings. The minimum absolute atomic E-state index is 0.0481. The normalized spacial score (nSPS) is 9.07. The van der Waals surface area contributed by atoms with Gasteiger partial charge in [-0.25, -0.2) is 0 Å². The summed E-state index contributed by atoms with van der Waals surface area (Å²) in [7, 11) is 0. The van der Waals surface area contributed by atoms with E-state index >= 15 is 0 Å². The number of nitrogens with zero attached hydrogens (tertiary/aromatic N) is 2. The van der Waals surface area contributed by atoms with Crippen molar-refractivity contribution in [3.63, 3.8) is 0 Å². The summed E-state index contributed by atoms with van der Waals surface area (Å²) < 4.78 is 0. The Morgan fingerprint density at radius 2 is 2.36 bits per heavy atom. The summed E-state index contributed by atoms with van der Waals surface area (Å²) in [6, 6.07) is 8.18. The quantitative estimate of drug-likeness (QED) is 0.448. The van der Waals surface area contributed by atoms with Gasteiger partial charge in [-0.1, -0.05) is 6.07 Å². The summed E-state index contributed by atoms with van der Waals surface area (Å²) in [5.74, 6) is 0. The minimum Gasteiger partial charge on any atom is -0.384 e. The van der Waals surface area contributed by atoms with Crippen LogP contribution in [0.15, 0.2) is 24.3 Å². The number of hydrogen-bond acceptors (Lipinski definition) is 4. The van der Waals surface area contributed by atoms with Gasteiger partial charge in [-0.15, -0.1) is 0 Å². The van der Waals surface area contributed by atoms with Gasteiger partial charge in [0.05, 0.1) is 17.4 Å². The van der Waals surface area contributed by atoms with Crippen molar-refractivity contribution in [3.8, 4) is 6.07 Å². The molecule has 72 valence electrons. The number of benzene rings is 1. The molecule has 0 unspecified atom stereocenters. The molecule has 1 rings (SSSR count). The number of nitro groups is 1. The topological polar surface area (TPSA) is 79.0 Å². The van der Waals surface area contributed by atoms with E-state index in [1.54, 1.807) is 12.1 Å². The Balaban J connectivity index is 2.65. The molecule has 0 aliphatic heterocycles. The molecule has 0 saturated carbocycles. The molecule has 5 nitrogen and oxygen atoms in total. The predicted octanol–water partition coefficient (Wildman–Crippen LogP) is 1.92. The Kier molecular flexibility index (Phi) is 3.44. The van der Waals surface area contributed by atoms with Crippen LogP contribution in [0.5, 0.6) is 0 Å². The molecule has 0 aliphatic carbocycles. The van der Waals surface area contributed by atoms with Gasteiger partial charge >= 0.3 is 0 Å². The summed E-state index contributed by atoms with van der Waals surface area (Å²) in [6.45, 7) is 0.498. The number of nitriles is 1. The first-order chi connectivity index (χ1) is 6.74. The fourth-order valence-electron chi connectivity index (χ4n) is 0.992. The second kappa shape index (κ2) is 4.82. The molecule has 0 amide bonds. The molecule has 14 heavy (non-hydrogen) atoms. The zero-order valence-electron chi connectivity index (χ0n) is 7.43. The molecule has 0 aromatic heterocycles. The van der Waals surface area contributed by atoms with E-state index in [1.165, 1.54) is 12.1 Å². The van der Waals surface area contributed by atoms with E-state index in [2.05, 4.69) is 5.32 Å². The molecule has 1 aromatic rings. The molecule has 0 atom stereocenters. The maximum absolute atomic E-state index is 10.4. The summed E-state index contributed by atoms with van der Waals surface area (Å²) in [5, 5.41) is 21.6. The summed E-state index contributed by atoms with van der Waals surface area (Å²) >= 11 is 0. The average molecular weight is 191 g/mol. The Morgan fingerprint density at radius 1 is 1.57 bits per heavy atom. The van der Waals surface area contributed by atoms with Crippen LogP contribution < -0.4 is 5.32 Å². The maximum Gasteiger partial charge on any atom is 0.271 e. The summed E-state index contributed by atoms with van der Waals surface area (Å²) in [6.07, 6.45) is 0.378. The first kappa shape index (κ1) is 9.99. The van der Waals surface area contributed by atoms with Gasteiger partial charge in [0, 0.05) is 24.4 Å². The number of nitrogens with one attached hydrogen (secondary N) is 1. The fraction of sp³-hybridized carbons (Fsp3) is 0.222. The number of nitro benzene ring substituents is 1. The minimum atomic E-state index is -0.449. The van der Waals surface area contributed by atoms with Crippen LogP contribution in [0.25, 0.3) is 0 Å². The molecule has 0 saturated heterocycles. The van der Waals surface area contributed by atoms with Crippen LogP contribution in [0.1, 0.15) is 6.42 Å². The predicted molar refractivity (Wildman–Crippen MR) is 51.8 cm³/mol. The van der Waals surface area contributed by atoms with E-state index in [0.717, 1.165) is 0 Å². The number of rotatable bonds is 4. The summed E-state index contributed by atoms with van der Waals surface area (Å²) in [4.78, 5) is 9.96. The first-order valence-electron chi connectivity index (χ1n) is 4.09. The van der Waals surface area contributed by atoms with Gasteiger partial charge in [-0.05, 0) is 6.07 Å². The highest BCUT2D eigenvalue weighted by atomic mass is 16.6.